The zero-order valence-electron chi connectivity index (χ0n) is 12.3. The van der Waals surface area contributed by atoms with Gasteiger partial charge < -0.3 is 9.63 Å². The molecule has 118 valence electrons. The smallest absolute Gasteiger partial charge is 0.137 e. The zero-order valence-corrected chi connectivity index (χ0v) is 13.8. The molecule has 1 aromatic heterocycles. The van der Waals surface area contributed by atoms with Gasteiger partial charge in [-0.3, -0.25) is 4.90 Å². The van der Waals surface area contributed by atoms with Gasteiger partial charge in [0, 0.05) is 48.1 Å². The first-order valence-corrected chi connectivity index (χ1v) is 8.03. The van der Waals surface area contributed by atoms with E-state index >= 15 is 0 Å². The molecule has 3 rings (SSSR count). The molecule has 1 aromatic carbocycles. The van der Waals surface area contributed by atoms with Gasteiger partial charge in [-0.05, 0) is 30.7 Å². The Morgan fingerprint density at radius 1 is 1.23 bits per heavy atom. The average Bonchev–Trinajstić information content (AvgIpc) is 2.95. The largest absolute Gasteiger partial charge is 0.391 e. The highest BCUT2D eigenvalue weighted by Gasteiger charge is 2.32. The predicted molar refractivity (Wildman–Crippen MR) is 86.2 cm³/mol. The maximum atomic E-state index is 10.3. The van der Waals surface area contributed by atoms with Crippen molar-refractivity contribution in [3.8, 4) is 0 Å². The van der Waals surface area contributed by atoms with E-state index in [0.29, 0.717) is 23.0 Å². The maximum absolute atomic E-state index is 10.3. The fourth-order valence-electron chi connectivity index (χ4n) is 3.00. The number of halogens is 2. The van der Waals surface area contributed by atoms with Gasteiger partial charge in [0.05, 0.1) is 11.8 Å². The number of aryl methyl sites for hydroxylation is 1. The summed E-state index contributed by atoms with van der Waals surface area (Å²) < 4.78 is 5.24. The molecule has 6 heteroatoms. The summed E-state index contributed by atoms with van der Waals surface area (Å²) in [6.07, 6.45) is 0.342. The summed E-state index contributed by atoms with van der Waals surface area (Å²) in [5, 5.41) is 15.4. The molecular weight excluding hydrogens is 323 g/mol. The lowest BCUT2D eigenvalue weighted by molar-refractivity contribution is 0.137. The second-order valence-corrected chi connectivity index (χ2v) is 6.81. The van der Waals surface area contributed by atoms with Crippen LogP contribution in [0, 0.1) is 12.8 Å². The second kappa shape index (κ2) is 6.59. The van der Waals surface area contributed by atoms with Crippen LogP contribution in [0.2, 0.25) is 10.0 Å². The summed E-state index contributed by atoms with van der Waals surface area (Å²) in [5.74, 6) is 0.983. The summed E-state index contributed by atoms with van der Waals surface area (Å²) in [5.41, 5.74) is 1.92. The van der Waals surface area contributed by atoms with E-state index in [1.807, 2.05) is 25.1 Å². The molecule has 0 unspecified atom stereocenters. The Balaban J connectivity index is 1.62. The molecule has 2 heterocycles. The molecule has 4 nitrogen and oxygen atoms in total. The molecule has 1 saturated heterocycles. The second-order valence-electron chi connectivity index (χ2n) is 5.94. The minimum Gasteiger partial charge on any atom is -0.391 e. The van der Waals surface area contributed by atoms with Crippen molar-refractivity contribution in [2.45, 2.75) is 26.0 Å². The topological polar surface area (TPSA) is 49.5 Å². The number of hydrogen-bond donors (Lipinski definition) is 1. The molecule has 22 heavy (non-hydrogen) atoms. The lowest BCUT2D eigenvalue weighted by Crippen LogP contribution is -2.21. The van der Waals surface area contributed by atoms with Crippen molar-refractivity contribution in [1.82, 2.24) is 10.1 Å². The Bertz CT molecular complexity index is 639. The quantitative estimate of drug-likeness (QED) is 0.927. The van der Waals surface area contributed by atoms with Crippen LogP contribution in [0.15, 0.2) is 28.8 Å². The summed E-state index contributed by atoms with van der Waals surface area (Å²) in [4.78, 5) is 2.21. The van der Waals surface area contributed by atoms with E-state index in [4.69, 9.17) is 27.7 Å². The number of benzene rings is 1. The molecule has 2 atom stereocenters. The van der Waals surface area contributed by atoms with Crippen LogP contribution >= 0.6 is 23.2 Å². The molecule has 0 saturated carbocycles. The van der Waals surface area contributed by atoms with E-state index in [-0.39, 0.29) is 12.0 Å². The number of likely N-dealkylation sites (tertiary alicyclic amines) is 1. The van der Waals surface area contributed by atoms with Gasteiger partial charge in [-0.1, -0.05) is 28.4 Å². The summed E-state index contributed by atoms with van der Waals surface area (Å²) in [6, 6.07) is 7.46. The number of nitrogens with zero attached hydrogens (tertiary/aromatic N) is 2. The van der Waals surface area contributed by atoms with Crippen molar-refractivity contribution in [2.24, 2.45) is 5.92 Å². The van der Waals surface area contributed by atoms with Crippen LogP contribution in [0.3, 0.4) is 0 Å². The normalized spacial score (nSPS) is 22.4. The highest BCUT2D eigenvalue weighted by molar-refractivity contribution is 6.34. The van der Waals surface area contributed by atoms with Crippen LogP contribution in [0.25, 0.3) is 0 Å². The van der Waals surface area contributed by atoms with E-state index in [9.17, 15) is 5.11 Å². The summed E-state index contributed by atoms with van der Waals surface area (Å²) >= 11 is 12.1. The number of hydrogen-bond acceptors (Lipinski definition) is 4. The molecule has 1 fully saturated rings. The molecule has 0 amide bonds. The molecule has 0 aliphatic carbocycles. The molecule has 1 aliphatic heterocycles. The number of β-amino-alcohol motifs (C(OH)–C–C–N with tert-alkyl or cyclic N) is 1. The summed E-state index contributed by atoms with van der Waals surface area (Å²) in [7, 11) is 0. The van der Waals surface area contributed by atoms with Gasteiger partial charge >= 0.3 is 0 Å². The molecule has 0 bridgehead atoms. The van der Waals surface area contributed by atoms with Crippen LogP contribution in [0.5, 0.6) is 0 Å². The van der Waals surface area contributed by atoms with Crippen molar-refractivity contribution in [3.05, 3.63) is 51.3 Å². The van der Waals surface area contributed by atoms with Crippen molar-refractivity contribution in [1.29, 1.82) is 0 Å². The van der Waals surface area contributed by atoms with Gasteiger partial charge in [0.2, 0.25) is 0 Å². The zero-order chi connectivity index (χ0) is 15.7. The monoisotopic (exact) mass is 340 g/mol. The first kappa shape index (κ1) is 15.8. The number of aromatic nitrogens is 1. The van der Waals surface area contributed by atoms with E-state index in [1.165, 1.54) is 0 Å². The maximum Gasteiger partial charge on any atom is 0.137 e. The van der Waals surface area contributed by atoms with Crippen molar-refractivity contribution >= 4 is 23.2 Å². The highest BCUT2D eigenvalue weighted by Crippen LogP contribution is 2.25. The van der Waals surface area contributed by atoms with Gasteiger partial charge in [0.1, 0.15) is 5.76 Å². The lowest BCUT2D eigenvalue weighted by atomic mass is 10.0. The van der Waals surface area contributed by atoms with Crippen LogP contribution < -0.4 is 0 Å². The lowest BCUT2D eigenvalue weighted by Gasteiger charge is -2.15. The fourth-order valence-corrected chi connectivity index (χ4v) is 3.57. The summed E-state index contributed by atoms with van der Waals surface area (Å²) in [6.45, 7) is 4.07. The molecule has 1 aliphatic rings. The minimum absolute atomic E-state index is 0.155. The Hall–Kier alpha value is -1.07. The third-order valence-electron chi connectivity index (χ3n) is 3.95. The minimum atomic E-state index is -0.361. The van der Waals surface area contributed by atoms with E-state index in [2.05, 4.69) is 10.1 Å². The Morgan fingerprint density at radius 2 is 1.95 bits per heavy atom. The van der Waals surface area contributed by atoms with Gasteiger partial charge in [-0.25, -0.2) is 0 Å². The van der Waals surface area contributed by atoms with Crippen molar-refractivity contribution in [3.63, 3.8) is 0 Å². The fraction of sp³-hybridized carbons (Fsp3) is 0.438. The van der Waals surface area contributed by atoms with Gasteiger partial charge in [0.25, 0.3) is 0 Å². The Morgan fingerprint density at radius 3 is 2.59 bits per heavy atom. The highest BCUT2D eigenvalue weighted by atomic mass is 35.5. The molecule has 0 spiro atoms. The van der Waals surface area contributed by atoms with Crippen LogP contribution in [0.1, 0.15) is 17.0 Å². The Kier molecular flexibility index (Phi) is 4.73. The SMILES string of the molecule is Cc1cc(C[C@@H]2CN(Cc3cc(Cl)cc(Cl)c3)C[C@@H]2O)on1. The van der Waals surface area contributed by atoms with Gasteiger partial charge in [0.15, 0.2) is 0 Å². The van der Waals surface area contributed by atoms with E-state index in [0.717, 1.165) is 30.1 Å². The predicted octanol–water partition coefficient (Wildman–Crippen LogP) is 3.33. The average molecular weight is 341 g/mol. The first-order valence-electron chi connectivity index (χ1n) is 7.27. The van der Waals surface area contributed by atoms with E-state index < -0.39 is 0 Å². The standard InChI is InChI=1S/C16H18Cl2N2O2/c1-10-2-15(22-19-10)5-12-8-20(9-16(12)21)7-11-3-13(17)6-14(18)4-11/h2-4,6,12,16,21H,5,7-9H2,1H3/t12-,16+/m1/s1. The number of aliphatic hydroxyl groups is 1. The van der Waals surface area contributed by atoms with Crippen molar-refractivity contribution in [2.75, 3.05) is 13.1 Å². The third kappa shape index (κ3) is 3.82. The van der Waals surface area contributed by atoms with Gasteiger partial charge in [-0.15, -0.1) is 0 Å². The molecule has 1 N–H and O–H groups in total. The van der Waals surface area contributed by atoms with Crippen molar-refractivity contribution < 1.29 is 9.63 Å². The molecule has 0 radical (unpaired) electrons. The third-order valence-corrected chi connectivity index (χ3v) is 4.39. The van der Waals surface area contributed by atoms with Crippen LogP contribution in [-0.2, 0) is 13.0 Å². The Labute approximate surface area is 139 Å². The van der Waals surface area contributed by atoms with Gasteiger partial charge in [-0.2, -0.15) is 0 Å². The van der Waals surface area contributed by atoms with Crippen LogP contribution in [0.4, 0.5) is 0 Å². The van der Waals surface area contributed by atoms with E-state index in [1.54, 1.807) is 6.07 Å². The molecular formula is C16H18Cl2N2O2. The number of aliphatic hydroxyl groups excluding tert-OH is 1. The van der Waals surface area contributed by atoms with Crippen LogP contribution in [-0.4, -0.2) is 34.4 Å². The first-order chi connectivity index (χ1) is 10.5. The molecule has 2 aromatic rings. The number of rotatable bonds is 4.